The lowest BCUT2D eigenvalue weighted by atomic mass is 9.64. The number of nitro groups is 1. The SMILES string of the molecule is CCO[C@H]1C[C@]2([N+](=O)[O-])CCCC[C@@H]2CC1=O. The van der Waals surface area contributed by atoms with E-state index in [4.69, 9.17) is 4.74 Å². The number of carbonyl (C=O) groups is 1. The molecule has 0 saturated heterocycles. The van der Waals surface area contributed by atoms with Crippen LogP contribution in [0.5, 0.6) is 0 Å². The molecular weight excluding hydrogens is 222 g/mol. The lowest BCUT2D eigenvalue weighted by Gasteiger charge is -2.42. The van der Waals surface area contributed by atoms with Gasteiger partial charge in [-0.25, -0.2) is 0 Å². The van der Waals surface area contributed by atoms with Crippen LogP contribution < -0.4 is 0 Å². The predicted octanol–water partition coefficient (Wildman–Crippen LogP) is 1.96. The van der Waals surface area contributed by atoms with Crippen LogP contribution in [0, 0.1) is 16.0 Å². The number of hydrogen-bond donors (Lipinski definition) is 0. The molecule has 0 aromatic heterocycles. The molecule has 2 rings (SSSR count). The Morgan fingerprint density at radius 1 is 1.53 bits per heavy atom. The molecule has 0 heterocycles. The van der Waals surface area contributed by atoms with E-state index in [1.54, 1.807) is 0 Å². The van der Waals surface area contributed by atoms with Crippen LogP contribution in [0.25, 0.3) is 0 Å². The van der Waals surface area contributed by atoms with E-state index in [0.717, 1.165) is 19.3 Å². The van der Waals surface area contributed by atoms with Crippen LogP contribution in [0.1, 0.15) is 45.4 Å². The summed E-state index contributed by atoms with van der Waals surface area (Å²) in [6.07, 6.45) is 3.35. The minimum atomic E-state index is -0.897. The Hall–Kier alpha value is -0.970. The maximum Gasteiger partial charge on any atom is 0.228 e. The smallest absolute Gasteiger partial charge is 0.228 e. The van der Waals surface area contributed by atoms with Crippen LogP contribution in [0.3, 0.4) is 0 Å². The van der Waals surface area contributed by atoms with Crippen molar-refractivity contribution in [2.24, 2.45) is 5.92 Å². The Labute approximate surface area is 101 Å². The second-order valence-electron chi connectivity index (χ2n) is 5.12. The van der Waals surface area contributed by atoms with Crippen molar-refractivity contribution >= 4 is 5.78 Å². The number of Topliss-reactive ketones (excluding diaryl/α,β-unsaturated/α-hetero) is 1. The zero-order valence-corrected chi connectivity index (χ0v) is 10.2. The molecular formula is C12H19NO4. The molecule has 0 N–H and O–H groups in total. The lowest BCUT2D eigenvalue weighted by Crippen LogP contribution is -2.56. The molecule has 0 spiro atoms. The summed E-state index contributed by atoms with van der Waals surface area (Å²) in [4.78, 5) is 23.1. The third kappa shape index (κ3) is 2.08. The van der Waals surface area contributed by atoms with E-state index < -0.39 is 11.6 Å². The number of nitrogens with zero attached hydrogens (tertiary/aromatic N) is 1. The van der Waals surface area contributed by atoms with E-state index in [1.807, 2.05) is 6.92 Å². The van der Waals surface area contributed by atoms with Gasteiger partial charge >= 0.3 is 0 Å². The molecule has 3 atom stereocenters. The van der Waals surface area contributed by atoms with Gasteiger partial charge in [0, 0.05) is 30.3 Å². The van der Waals surface area contributed by atoms with Crippen LogP contribution in [-0.2, 0) is 9.53 Å². The van der Waals surface area contributed by atoms with Gasteiger partial charge in [-0.3, -0.25) is 14.9 Å². The number of fused-ring (bicyclic) bond motifs is 1. The Balaban J connectivity index is 2.22. The van der Waals surface area contributed by atoms with E-state index >= 15 is 0 Å². The van der Waals surface area contributed by atoms with Crippen molar-refractivity contribution < 1.29 is 14.5 Å². The van der Waals surface area contributed by atoms with Gasteiger partial charge in [-0.05, 0) is 19.8 Å². The van der Waals surface area contributed by atoms with Crippen molar-refractivity contribution in [3.05, 3.63) is 10.1 Å². The zero-order valence-electron chi connectivity index (χ0n) is 10.2. The lowest BCUT2D eigenvalue weighted by molar-refractivity contribution is -0.589. The highest BCUT2D eigenvalue weighted by Gasteiger charge is 2.57. The molecule has 2 aliphatic carbocycles. The van der Waals surface area contributed by atoms with Crippen LogP contribution >= 0.6 is 0 Å². The molecule has 2 aliphatic rings. The summed E-state index contributed by atoms with van der Waals surface area (Å²) < 4.78 is 5.37. The third-order valence-electron chi connectivity index (χ3n) is 4.25. The Morgan fingerprint density at radius 3 is 2.94 bits per heavy atom. The zero-order chi connectivity index (χ0) is 12.5. The molecule has 0 aromatic rings. The first-order valence-electron chi connectivity index (χ1n) is 6.39. The molecule has 0 aromatic carbocycles. The predicted molar refractivity (Wildman–Crippen MR) is 61.3 cm³/mol. The normalized spacial score (nSPS) is 37.6. The van der Waals surface area contributed by atoms with Crippen molar-refractivity contribution in [2.45, 2.75) is 57.1 Å². The fourth-order valence-corrected chi connectivity index (χ4v) is 3.33. The largest absolute Gasteiger partial charge is 0.370 e. The molecule has 2 saturated carbocycles. The van der Waals surface area contributed by atoms with Gasteiger partial charge in [0.15, 0.2) is 5.78 Å². The number of carbonyl (C=O) groups excluding carboxylic acids is 1. The van der Waals surface area contributed by atoms with Crippen molar-refractivity contribution in [1.29, 1.82) is 0 Å². The summed E-state index contributed by atoms with van der Waals surface area (Å²) in [6.45, 7) is 2.26. The summed E-state index contributed by atoms with van der Waals surface area (Å²) in [7, 11) is 0. The molecule has 0 aliphatic heterocycles. The molecule has 0 radical (unpaired) electrons. The molecule has 0 unspecified atom stereocenters. The monoisotopic (exact) mass is 241 g/mol. The van der Waals surface area contributed by atoms with Gasteiger partial charge in [0.25, 0.3) is 0 Å². The van der Waals surface area contributed by atoms with Gasteiger partial charge in [-0.1, -0.05) is 6.42 Å². The summed E-state index contributed by atoms with van der Waals surface area (Å²) in [6, 6.07) is 0. The first-order chi connectivity index (χ1) is 8.10. The quantitative estimate of drug-likeness (QED) is 0.559. The van der Waals surface area contributed by atoms with Crippen LogP contribution in [-0.4, -0.2) is 29.0 Å². The number of hydrogen-bond acceptors (Lipinski definition) is 4. The fourth-order valence-electron chi connectivity index (χ4n) is 3.33. The van der Waals surface area contributed by atoms with Gasteiger partial charge in [0.1, 0.15) is 6.10 Å². The molecule has 5 heteroatoms. The van der Waals surface area contributed by atoms with E-state index in [9.17, 15) is 14.9 Å². The van der Waals surface area contributed by atoms with Gasteiger partial charge in [0.05, 0.1) is 6.42 Å². The number of ether oxygens (including phenoxy) is 1. The first kappa shape index (κ1) is 12.5. The average molecular weight is 241 g/mol. The van der Waals surface area contributed by atoms with Crippen LogP contribution in [0.4, 0.5) is 0 Å². The summed E-state index contributed by atoms with van der Waals surface area (Å²) in [5.74, 6) is -0.0216. The van der Waals surface area contributed by atoms with Crippen molar-refractivity contribution in [3.8, 4) is 0 Å². The van der Waals surface area contributed by atoms with E-state index in [0.29, 0.717) is 19.4 Å². The maximum atomic E-state index is 11.9. The van der Waals surface area contributed by atoms with Gasteiger partial charge < -0.3 is 4.74 Å². The molecule has 96 valence electrons. The first-order valence-corrected chi connectivity index (χ1v) is 6.39. The minimum Gasteiger partial charge on any atom is -0.370 e. The molecule has 0 bridgehead atoms. The summed E-state index contributed by atoms with van der Waals surface area (Å²) in [5, 5.41) is 11.4. The molecule has 17 heavy (non-hydrogen) atoms. The van der Waals surface area contributed by atoms with Crippen molar-refractivity contribution in [3.63, 3.8) is 0 Å². The minimum absolute atomic E-state index is 0.0521. The van der Waals surface area contributed by atoms with E-state index in [-0.39, 0.29) is 23.0 Å². The second-order valence-corrected chi connectivity index (χ2v) is 5.12. The van der Waals surface area contributed by atoms with E-state index in [1.165, 1.54) is 0 Å². The van der Waals surface area contributed by atoms with Crippen LogP contribution in [0.15, 0.2) is 0 Å². The fraction of sp³-hybridized carbons (Fsp3) is 0.917. The molecule has 2 fully saturated rings. The topological polar surface area (TPSA) is 69.4 Å². The second kappa shape index (κ2) is 4.72. The third-order valence-corrected chi connectivity index (χ3v) is 4.25. The van der Waals surface area contributed by atoms with Crippen LogP contribution in [0.2, 0.25) is 0 Å². The van der Waals surface area contributed by atoms with Gasteiger partial charge in [-0.15, -0.1) is 0 Å². The number of ketones is 1. The highest BCUT2D eigenvalue weighted by atomic mass is 16.6. The van der Waals surface area contributed by atoms with Crippen molar-refractivity contribution in [1.82, 2.24) is 0 Å². The molecule has 5 nitrogen and oxygen atoms in total. The highest BCUT2D eigenvalue weighted by Crippen LogP contribution is 2.45. The number of rotatable bonds is 3. The van der Waals surface area contributed by atoms with Gasteiger partial charge in [-0.2, -0.15) is 0 Å². The molecule has 0 amide bonds. The Kier molecular flexibility index (Phi) is 3.47. The van der Waals surface area contributed by atoms with Gasteiger partial charge in [0.2, 0.25) is 5.54 Å². The summed E-state index contributed by atoms with van der Waals surface area (Å²) >= 11 is 0. The van der Waals surface area contributed by atoms with Crippen molar-refractivity contribution in [2.75, 3.05) is 6.61 Å². The maximum absolute atomic E-state index is 11.9. The average Bonchev–Trinajstić information content (AvgIpc) is 2.30. The Morgan fingerprint density at radius 2 is 2.29 bits per heavy atom. The van der Waals surface area contributed by atoms with E-state index in [2.05, 4.69) is 0 Å². The summed E-state index contributed by atoms with van der Waals surface area (Å²) in [5.41, 5.74) is -0.897. The standard InChI is InChI=1S/C12H19NO4/c1-2-17-11-8-12(13(15)16)6-4-3-5-9(12)7-10(11)14/h9,11H,2-8H2,1H3/t9-,11+,12-/m1/s1. The Bertz CT molecular complexity index is 330. The highest BCUT2D eigenvalue weighted by molar-refractivity contribution is 5.84.